The molecule has 1 N–H and O–H groups in total. The molecule has 108 valence electrons. The fraction of sp³-hybridized carbons (Fsp3) is 0.214. The number of ether oxygens (including phenoxy) is 1. The highest BCUT2D eigenvalue weighted by Gasteiger charge is 2.23. The molecule has 0 atom stereocenters. The van der Waals surface area contributed by atoms with E-state index in [1.54, 1.807) is 24.3 Å². The number of carbonyl (C=O) groups is 2. The van der Waals surface area contributed by atoms with Gasteiger partial charge in [0.25, 0.3) is 5.91 Å². The lowest BCUT2D eigenvalue weighted by molar-refractivity contribution is 0.102. The van der Waals surface area contributed by atoms with E-state index in [0.717, 1.165) is 11.4 Å². The molecule has 3 rings (SSSR count). The van der Waals surface area contributed by atoms with Gasteiger partial charge in [-0.15, -0.1) is 11.3 Å². The molecule has 7 heteroatoms. The second-order valence-electron chi connectivity index (χ2n) is 4.56. The van der Waals surface area contributed by atoms with Crippen molar-refractivity contribution in [3.05, 3.63) is 40.9 Å². The summed E-state index contributed by atoms with van der Waals surface area (Å²) in [6, 6.07) is 6.82. The number of thiazole rings is 1. The number of nitrogens with one attached hydrogen (secondary N) is 1. The average molecular weight is 303 g/mol. The van der Waals surface area contributed by atoms with E-state index in [2.05, 4.69) is 10.3 Å². The smallest absolute Gasteiger partial charge is 0.414 e. The number of cyclic esters (lactones) is 1. The van der Waals surface area contributed by atoms with Crippen molar-refractivity contribution in [3.63, 3.8) is 0 Å². The molecule has 21 heavy (non-hydrogen) atoms. The number of carbonyl (C=O) groups excluding carboxylic acids is 2. The second-order valence-corrected chi connectivity index (χ2v) is 5.42. The predicted molar refractivity (Wildman–Crippen MR) is 79.9 cm³/mol. The maximum Gasteiger partial charge on any atom is 0.414 e. The third-order valence-corrected chi connectivity index (χ3v) is 3.92. The van der Waals surface area contributed by atoms with Gasteiger partial charge in [0.15, 0.2) is 5.13 Å². The maximum absolute atomic E-state index is 12.1. The van der Waals surface area contributed by atoms with Crippen molar-refractivity contribution < 1.29 is 14.3 Å². The number of benzene rings is 1. The van der Waals surface area contributed by atoms with Gasteiger partial charge < -0.3 is 4.74 Å². The zero-order valence-electron chi connectivity index (χ0n) is 11.3. The Morgan fingerprint density at radius 1 is 1.38 bits per heavy atom. The van der Waals surface area contributed by atoms with E-state index < -0.39 is 0 Å². The molecule has 1 aliphatic rings. The summed E-state index contributed by atoms with van der Waals surface area (Å²) in [5.41, 5.74) is 2.11. The molecule has 2 amide bonds. The number of anilines is 2. The highest BCUT2D eigenvalue weighted by molar-refractivity contribution is 7.13. The van der Waals surface area contributed by atoms with Crippen LogP contribution in [0.25, 0.3) is 0 Å². The number of hydrogen-bond donors (Lipinski definition) is 1. The summed E-state index contributed by atoms with van der Waals surface area (Å²) in [6.07, 6.45) is -0.356. The van der Waals surface area contributed by atoms with Crippen LogP contribution in [-0.4, -0.2) is 30.1 Å². The summed E-state index contributed by atoms with van der Waals surface area (Å²) < 4.78 is 4.88. The van der Waals surface area contributed by atoms with Gasteiger partial charge in [-0.2, -0.15) is 0 Å². The number of rotatable bonds is 3. The predicted octanol–water partition coefficient (Wildman–Crippen LogP) is 2.66. The largest absolute Gasteiger partial charge is 0.447 e. The van der Waals surface area contributed by atoms with Gasteiger partial charge in [0, 0.05) is 16.6 Å². The number of aryl methyl sites for hydroxylation is 1. The molecule has 1 fully saturated rings. The van der Waals surface area contributed by atoms with Crippen LogP contribution in [-0.2, 0) is 4.74 Å². The minimum absolute atomic E-state index is 0.222. The van der Waals surface area contributed by atoms with Crippen molar-refractivity contribution in [2.24, 2.45) is 0 Å². The number of amides is 2. The molecule has 0 saturated carbocycles. The summed E-state index contributed by atoms with van der Waals surface area (Å²) in [7, 11) is 0. The van der Waals surface area contributed by atoms with Crippen LogP contribution in [0, 0.1) is 6.92 Å². The Hall–Kier alpha value is -2.41. The lowest BCUT2D eigenvalue weighted by Gasteiger charge is -2.12. The van der Waals surface area contributed by atoms with Crippen molar-refractivity contribution in [2.75, 3.05) is 23.4 Å². The molecular formula is C14H13N3O3S. The molecule has 1 aliphatic heterocycles. The molecule has 2 aromatic rings. The average Bonchev–Trinajstić information content (AvgIpc) is 3.08. The summed E-state index contributed by atoms with van der Waals surface area (Å²) in [6.45, 7) is 2.79. The molecule has 0 radical (unpaired) electrons. The maximum atomic E-state index is 12.1. The lowest BCUT2D eigenvalue weighted by atomic mass is 10.2. The first-order valence-corrected chi connectivity index (χ1v) is 7.29. The number of nitrogens with zero attached hydrogens (tertiary/aromatic N) is 2. The van der Waals surface area contributed by atoms with Gasteiger partial charge >= 0.3 is 6.09 Å². The minimum Gasteiger partial charge on any atom is -0.447 e. The third-order valence-electron chi connectivity index (χ3n) is 3.04. The number of hydrogen-bond acceptors (Lipinski definition) is 5. The molecule has 1 aromatic heterocycles. The third kappa shape index (κ3) is 2.87. The summed E-state index contributed by atoms with van der Waals surface area (Å²) in [4.78, 5) is 29.2. The van der Waals surface area contributed by atoms with Crippen LogP contribution in [0.15, 0.2) is 29.6 Å². The van der Waals surface area contributed by atoms with Crippen LogP contribution >= 0.6 is 11.3 Å². The van der Waals surface area contributed by atoms with Crippen molar-refractivity contribution in [1.82, 2.24) is 4.98 Å². The Labute approximate surface area is 125 Å². The van der Waals surface area contributed by atoms with E-state index >= 15 is 0 Å². The van der Waals surface area contributed by atoms with E-state index in [9.17, 15) is 9.59 Å². The van der Waals surface area contributed by atoms with Crippen LogP contribution in [0.3, 0.4) is 0 Å². The van der Waals surface area contributed by atoms with E-state index in [-0.39, 0.29) is 12.0 Å². The van der Waals surface area contributed by atoms with Gasteiger partial charge in [-0.1, -0.05) is 0 Å². The first-order valence-electron chi connectivity index (χ1n) is 6.41. The van der Waals surface area contributed by atoms with Crippen LogP contribution in [0.4, 0.5) is 15.6 Å². The fourth-order valence-corrected chi connectivity index (χ4v) is 2.68. The van der Waals surface area contributed by atoms with Crippen LogP contribution in [0.1, 0.15) is 16.1 Å². The Morgan fingerprint density at radius 2 is 2.14 bits per heavy atom. The molecule has 0 aliphatic carbocycles. The first-order chi connectivity index (χ1) is 10.1. The Kier molecular flexibility index (Phi) is 3.57. The van der Waals surface area contributed by atoms with E-state index in [1.807, 2.05) is 12.3 Å². The normalized spacial score (nSPS) is 14.1. The lowest BCUT2D eigenvalue weighted by Crippen LogP contribution is -2.23. The fourth-order valence-electron chi connectivity index (χ4n) is 2.00. The van der Waals surface area contributed by atoms with Gasteiger partial charge in [-0.3, -0.25) is 15.0 Å². The zero-order chi connectivity index (χ0) is 14.8. The first kappa shape index (κ1) is 13.6. The molecule has 6 nitrogen and oxygen atoms in total. The van der Waals surface area contributed by atoms with E-state index in [0.29, 0.717) is 23.8 Å². The van der Waals surface area contributed by atoms with Crippen LogP contribution in [0.5, 0.6) is 0 Å². The van der Waals surface area contributed by atoms with Gasteiger partial charge in [0.1, 0.15) is 6.61 Å². The van der Waals surface area contributed by atoms with Crippen LogP contribution in [0.2, 0.25) is 0 Å². The Morgan fingerprint density at radius 3 is 2.71 bits per heavy atom. The topological polar surface area (TPSA) is 71.5 Å². The monoisotopic (exact) mass is 303 g/mol. The van der Waals surface area contributed by atoms with Crippen molar-refractivity contribution >= 4 is 34.2 Å². The molecule has 1 saturated heterocycles. The van der Waals surface area contributed by atoms with Crippen molar-refractivity contribution in [2.45, 2.75) is 6.92 Å². The molecule has 0 bridgehead atoms. The van der Waals surface area contributed by atoms with Crippen molar-refractivity contribution in [3.8, 4) is 0 Å². The Balaban J connectivity index is 1.71. The zero-order valence-corrected chi connectivity index (χ0v) is 12.1. The van der Waals surface area contributed by atoms with E-state index in [1.165, 1.54) is 16.2 Å². The SMILES string of the molecule is Cc1csc(NC(=O)c2ccc(N3CCOC3=O)cc2)n1. The quantitative estimate of drug-likeness (QED) is 0.946. The highest BCUT2D eigenvalue weighted by atomic mass is 32.1. The minimum atomic E-state index is -0.356. The molecular weight excluding hydrogens is 290 g/mol. The summed E-state index contributed by atoms with van der Waals surface area (Å²) in [5, 5.41) is 5.19. The van der Waals surface area contributed by atoms with Crippen LogP contribution < -0.4 is 10.2 Å². The summed E-state index contributed by atoms with van der Waals surface area (Å²) >= 11 is 1.38. The highest BCUT2D eigenvalue weighted by Crippen LogP contribution is 2.20. The standard InChI is InChI=1S/C14H13N3O3S/c1-9-8-21-13(15-9)16-12(18)10-2-4-11(5-3-10)17-6-7-20-14(17)19/h2-5,8H,6-7H2,1H3,(H,15,16,18). The van der Waals surface area contributed by atoms with Crippen molar-refractivity contribution in [1.29, 1.82) is 0 Å². The molecule has 1 aromatic carbocycles. The van der Waals surface area contributed by atoms with Gasteiger partial charge in [-0.25, -0.2) is 9.78 Å². The van der Waals surface area contributed by atoms with Gasteiger partial charge in [0.2, 0.25) is 0 Å². The number of aromatic nitrogens is 1. The molecule has 0 spiro atoms. The molecule has 2 heterocycles. The van der Waals surface area contributed by atoms with E-state index in [4.69, 9.17) is 4.74 Å². The summed E-state index contributed by atoms with van der Waals surface area (Å²) in [5.74, 6) is -0.222. The van der Waals surface area contributed by atoms with Gasteiger partial charge in [-0.05, 0) is 31.2 Å². The van der Waals surface area contributed by atoms with Gasteiger partial charge in [0.05, 0.1) is 12.2 Å². The Bertz CT molecular complexity index is 681. The second kappa shape index (κ2) is 5.53. The molecule has 0 unspecified atom stereocenters.